The van der Waals surface area contributed by atoms with E-state index in [1.54, 1.807) is 90.1 Å². The average Bonchev–Trinajstić information content (AvgIpc) is 2.96. The number of nitrogens with one attached hydrogen (secondary N) is 1. The topological polar surface area (TPSA) is 191 Å². The van der Waals surface area contributed by atoms with Crippen LogP contribution in [0.3, 0.4) is 0 Å². The molecule has 0 radical (unpaired) electrons. The van der Waals surface area contributed by atoms with Crippen LogP contribution in [0.4, 0.5) is 25.9 Å². The minimum absolute atomic E-state index is 0.0763. The third-order valence-electron chi connectivity index (χ3n) is 5.53. The number of carbonyl (C=O) groups is 4. The lowest BCUT2D eigenvalue weighted by molar-refractivity contribution is -0.151. The number of ether oxygens (including phenoxy) is 4. The Balaban J connectivity index is 1.72. The first-order valence-electron chi connectivity index (χ1n) is 14.3. The lowest BCUT2D eigenvalue weighted by Crippen LogP contribution is -2.44. The molecule has 0 aliphatic carbocycles. The molecule has 0 unspecified atom stereocenters. The maximum atomic E-state index is 12.8. The number of imide groups is 1. The molecule has 2 aromatic carbocycles. The van der Waals surface area contributed by atoms with E-state index < -0.39 is 42.1 Å². The van der Waals surface area contributed by atoms with Gasteiger partial charge in [-0.25, -0.2) is 24.2 Å². The Kier molecular flexibility index (Phi) is 11.9. The highest BCUT2D eigenvalue weighted by atomic mass is 16.8. The van der Waals surface area contributed by atoms with E-state index in [1.165, 1.54) is 12.1 Å². The molecule has 0 saturated heterocycles. The van der Waals surface area contributed by atoms with Crippen molar-refractivity contribution in [1.29, 1.82) is 0 Å². The predicted molar refractivity (Wildman–Crippen MR) is 169 cm³/mol. The molecule has 0 saturated carbocycles. The number of carbonyl (C=O) groups excluding carboxylic acids is 4. The quantitative estimate of drug-likeness (QED) is 0.0456. The normalized spacial score (nSPS) is 11.0. The number of hydrogen-bond acceptors (Lipinski definition) is 11. The summed E-state index contributed by atoms with van der Waals surface area (Å²) in [6.07, 6.45) is -3.24. The van der Waals surface area contributed by atoms with Gasteiger partial charge in [-0.15, -0.1) is 0 Å². The van der Waals surface area contributed by atoms with Gasteiger partial charge in [0, 0.05) is 16.2 Å². The molecule has 3 rings (SSSR count). The van der Waals surface area contributed by atoms with Gasteiger partial charge >= 0.3 is 18.3 Å². The Morgan fingerprint density at radius 2 is 1.55 bits per heavy atom. The minimum atomic E-state index is -1.17. The summed E-state index contributed by atoms with van der Waals surface area (Å²) < 4.78 is 20.8. The Labute approximate surface area is 271 Å². The molecule has 0 bridgehead atoms. The summed E-state index contributed by atoms with van der Waals surface area (Å²) >= 11 is 0. The molecule has 0 aliphatic heterocycles. The molecule has 248 valence electrons. The standard InChI is InChI=1S/C32H36N6O9/c1-20-11-14-22(15-12-20)45-30(42)43-18-21-13-16-25(36-37-33)23(17-21)24-9-8-10-26(34-24)35-27(39)19-44-38(28(40)46-31(2,3)4)29(41)47-32(5,6)7/h8-17H,18-19H2,1-7H3,(H,34,35,39). The molecule has 0 atom stereocenters. The summed E-state index contributed by atoms with van der Waals surface area (Å²) in [7, 11) is 0. The van der Waals surface area contributed by atoms with Gasteiger partial charge in [0.15, 0.2) is 6.61 Å². The fraction of sp³-hybridized carbons (Fsp3) is 0.344. The highest BCUT2D eigenvalue weighted by molar-refractivity contribution is 5.92. The number of benzene rings is 2. The van der Waals surface area contributed by atoms with Gasteiger partial charge in [-0.1, -0.05) is 46.1 Å². The number of rotatable bonds is 9. The number of hydroxylamine groups is 2. The molecule has 0 spiro atoms. The largest absolute Gasteiger partial charge is 0.514 e. The number of amides is 3. The summed E-state index contributed by atoms with van der Waals surface area (Å²) in [4.78, 5) is 62.7. The maximum Gasteiger partial charge on any atom is 0.514 e. The van der Waals surface area contributed by atoms with E-state index in [-0.39, 0.29) is 23.2 Å². The van der Waals surface area contributed by atoms with E-state index in [4.69, 9.17) is 29.3 Å². The third kappa shape index (κ3) is 12.0. The molecule has 1 N–H and O–H groups in total. The van der Waals surface area contributed by atoms with Crippen LogP contribution in [0.1, 0.15) is 52.7 Å². The molecule has 15 nitrogen and oxygen atoms in total. The van der Waals surface area contributed by atoms with E-state index >= 15 is 0 Å². The van der Waals surface area contributed by atoms with Gasteiger partial charge in [-0.3, -0.25) is 4.79 Å². The zero-order chi connectivity index (χ0) is 34.8. The van der Waals surface area contributed by atoms with Crippen molar-refractivity contribution in [3.8, 4) is 17.0 Å². The van der Waals surface area contributed by atoms with Crippen molar-refractivity contribution in [2.45, 2.75) is 66.3 Å². The second-order valence-corrected chi connectivity index (χ2v) is 12.0. The molecular formula is C32H36N6O9. The second kappa shape index (κ2) is 15.6. The Bertz CT molecular complexity index is 1630. The summed E-state index contributed by atoms with van der Waals surface area (Å²) in [6.45, 7) is 10.6. The number of aryl methyl sites for hydroxylation is 1. The monoisotopic (exact) mass is 648 g/mol. The molecule has 15 heteroatoms. The van der Waals surface area contributed by atoms with Crippen molar-refractivity contribution in [1.82, 2.24) is 10.0 Å². The van der Waals surface area contributed by atoms with Crippen molar-refractivity contribution in [3.63, 3.8) is 0 Å². The van der Waals surface area contributed by atoms with Gasteiger partial charge < -0.3 is 24.3 Å². The summed E-state index contributed by atoms with van der Waals surface area (Å²) in [5.41, 5.74) is 9.61. The van der Waals surface area contributed by atoms with Crippen LogP contribution < -0.4 is 10.1 Å². The number of azide groups is 1. The molecule has 47 heavy (non-hydrogen) atoms. The van der Waals surface area contributed by atoms with Crippen LogP contribution in [-0.4, -0.2) is 52.1 Å². The SMILES string of the molecule is Cc1ccc(OC(=O)OCc2ccc(N=[N+]=[N-])c(-c3cccc(NC(=O)CON(C(=O)OC(C)(C)C)C(=O)OC(C)(C)C)n3)c2)cc1. The van der Waals surface area contributed by atoms with Crippen LogP contribution in [0, 0.1) is 6.92 Å². The Morgan fingerprint density at radius 3 is 2.15 bits per heavy atom. The number of pyridine rings is 1. The predicted octanol–water partition coefficient (Wildman–Crippen LogP) is 7.76. The third-order valence-corrected chi connectivity index (χ3v) is 5.53. The molecule has 1 aromatic heterocycles. The van der Waals surface area contributed by atoms with Crippen molar-refractivity contribution in [2.75, 3.05) is 11.9 Å². The van der Waals surface area contributed by atoms with Crippen LogP contribution in [-0.2, 0) is 30.4 Å². The lowest BCUT2D eigenvalue weighted by atomic mass is 10.1. The Hall–Kier alpha value is -5.66. The highest BCUT2D eigenvalue weighted by Crippen LogP contribution is 2.31. The van der Waals surface area contributed by atoms with E-state index in [0.717, 1.165) is 5.56 Å². The minimum Gasteiger partial charge on any atom is -0.442 e. The fourth-order valence-electron chi connectivity index (χ4n) is 3.63. The number of hydrogen-bond donors (Lipinski definition) is 1. The van der Waals surface area contributed by atoms with E-state index in [0.29, 0.717) is 22.6 Å². The molecule has 1 heterocycles. The lowest BCUT2D eigenvalue weighted by Gasteiger charge is -2.27. The zero-order valence-corrected chi connectivity index (χ0v) is 27.1. The van der Waals surface area contributed by atoms with E-state index in [1.807, 2.05) is 6.92 Å². The van der Waals surface area contributed by atoms with E-state index in [9.17, 15) is 19.2 Å². The van der Waals surface area contributed by atoms with Gasteiger partial charge in [-0.05, 0) is 89.9 Å². The van der Waals surface area contributed by atoms with E-state index in [2.05, 4.69) is 20.3 Å². The average molecular weight is 649 g/mol. The fourth-order valence-corrected chi connectivity index (χ4v) is 3.63. The summed E-state index contributed by atoms with van der Waals surface area (Å²) in [6, 6.07) is 16.3. The molecule has 3 amide bonds. The van der Waals surface area contributed by atoms with Crippen molar-refractivity contribution < 1.29 is 43.0 Å². The van der Waals surface area contributed by atoms with Crippen molar-refractivity contribution >= 4 is 35.8 Å². The second-order valence-electron chi connectivity index (χ2n) is 12.0. The zero-order valence-electron chi connectivity index (χ0n) is 27.1. The molecule has 0 aliphatic rings. The van der Waals surface area contributed by atoms with Crippen LogP contribution in [0.2, 0.25) is 0 Å². The number of aromatic nitrogens is 1. The molecular weight excluding hydrogens is 612 g/mol. The van der Waals surface area contributed by atoms with Crippen LogP contribution in [0.5, 0.6) is 5.75 Å². The first kappa shape index (κ1) is 35.8. The van der Waals surface area contributed by atoms with Gasteiger partial charge in [0.1, 0.15) is 29.4 Å². The smallest absolute Gasteiger partial charge is 0.442 e. The van der Waals surface area contributed by atoms with Gasteiger partial charge in [0.25, 0.3) is 5.91 Å². The van der Waals surface area contributed by atoms with Crippen LogP contribution in [0.25, 0.3) is 21.7 Å². The molecule has 3 aromatic rings. The number of anilines is 1. The number of nitrogens with zero attached hydrogens (tertiary/aromatic N) is 5. The molecule has 0 fully saturated rings. The van der Waals surface area contributed by atoms with Crippen molar-refractivity contribution in [3.05, 3.63) is 82.2 Å². The summed E-state index contributed by atoms with van der Waals surface area (Å²) in [5, 5.41) is 6.46. The maximum absolute atomic E-state index is 12.8. The first-order chi connectivity index (χ1) is 22.0. The van der Waals surface area contributed by atoms with Gasteiger partial charge in [0.2, 0.25) is 0 Å². The van der Waals surface area contributed by atoms with Crippen LogP contribution in [0.15, 0.2) is 65.8 Å². The summed E-state index contributed by atoms with van der Waals surface area (Å²) in [5.74, 6) is -0.362. The van der Waals surface area contributed by atoms with Crippen LogP contribution >= 0.6 is 0 Å². The van der Waals surface area contributed by atoms with Crippen molar-refractivity contribution in [2.24, 2.45) is 5.11 Å². The van der Waals surface area contributed by atoms with Gasteiger partial charge in [0.05, 0.1) is 5.69 Å². The highest BCUT2D eigenvalue weighted by Gasteiger charge is 2.33. The Morgan fingerprint density at radius 1 is 0.915 bits per heavy atom. The first-order valence-corrected chi connectivity index (χ1v) is 14.3. The van der Waals surface area contributed by atoms with Gasteiger partial charge in [-0.2, -0.15) is 0 Å².